The summed E-state index contributed by atoms with van der Waals surface area (Å²) in [5.74, 6) is 0. The second-order valence-electron chi connectivity index (χ2n) is 3.98. The molecule has 9 heteroatoms. The summed E-state index contributed by atoms with van der Waals surface area (Å²) in [4.78, 5) is 13.0. The topological polar surface area (TPSA) is 119 Å². The summed E-state index contributed by atoms with van der Waals surface area (Å²) in [5, 5.41) is 18.4. The molecular formula is C9H16N2O5S2. The van der Waals surface area contributed by atoms with Gasteiger partial charge in [0, 0.05) is 5.69 Å². The Labute approximate surface area is 109 Å². The quantitative estimate of drug-likeness (QED) is 0.545. The fourth-order valence-electron chi connectivity index (χ4n) is 1.39. The van der Waals surface area contributed by atoms with Gasteiger partial charge in [-0.1, -0.05) is 18.3 Å². The van der Waals surface area contributed by atoms with Gasteiger partial charge in [0.2, 0.25) is 0 Å². The van der Waals surface area contributed by atoms with Crippen molar-refractivity contribution in [2.75, 3.05) is 13.2 Å². The highest BCUT2D eigenvalue weighted by Gasteiger charge is 2.34. The summed E-state index contributed by atoms with van der Waals surface area (Å²) >= 11 is 0.569. The fraction of sp³-hybridized carbons (Fsp3) is 0.667. The lowest BCUT2D eigenvalue weighted by Crippen LogP contribution is -2.53. The third kappa shape index (κ3) is 2.98. The molecule has 0 radical (unpaired) electrons. The van der Waals surface area contributed by atoms with E-state index in [1.54, 1.807) is 6.92 Å². The predicted molar refractivity (Wildman–Crippen MR) is 67.2 cm³/mol. The van der Waals surface area contributed by atoms with Crippen LogP contribution in [0.3, 0.4) is 0 Å². The molecule has 0 aliphatic heterocycles. The van der Waals surface area contributed by atoms with Crippen LogP contribution in [0.4, 0.5) is 0 Å². The maximum Gasteiger partial charge on any atom is 0.305 e. The van der Waals surface area contributed by atoms with Crippen molar-refractivity contribution in [2.24, 2.45) is 0 Å². The van der Waals surface area contributed by atoms with Gasteiger partial charge in [-0.15, -0.1) is 0 Å². The number of H-pyrrole nitrogens is 1. The first-order chi connectivity index (χ1) is 8.30. The lowest BCUT2D eigenvalue weighted by Gasteiger charge is -2.28. The van der Waals surface area contributed by atoms with Gasteiger partial charge in [0.05, 0.1) is 18.8 Å². The molecule has 0 saturated heterocycles. The Kier molecular flexibility index (Phi) is 4.67. The van der Waals surface area contributed by atoms with E-state index in [0.717, 1.165) is 0 Å². The van der Waals surface area contributed by atoms with Gasteiger partial charge >= 0.3 is 4.87 Å². The molecule has 0 aliphatic carbocycles. The molecule has 7 nitrogen and oxygen atoms in total. The van der Waals surface area contributed by atoms with E-state index in [4.69, 9.17) is 0 Å². The zero-order chi connectivity index (χ0) is 14.0. The number of aryl methyl sites for hydroxylation is 1. The van der Waals surface area contributed by atoms with E-state index in [1.165, 1.54) is 6.92 Å². The van der Waals surface area contributed by atoms with E-state index in [0.29, 0.717) is 11.3 Å². The molecule has 0 atom stereocenters. The van der Waals surface area contributed by atoms with Gasteiger partial charge in [0.25, 0.3) is 10.0 Å². The Morgan fingerprint density at radius 1 is 1.39 bits per heavy atom. The summed E-state index contributed by atoms with van der Waals surface area (Å²) < 4.78 is 26.3. The summed E-state index contributed by atoms with van der Waals surface area (Å²) in [6, 6.07) is 0. The molecule has 0 saturated carbocycles. The molecule has 0 amide bonds. The SMILES string of the molecule is CCC(CO)(CO)NS(=O)(=O)c1sc(=O)[nH]c1C. The van der Waals surface area contributed by atoms with Crippen molar-refractivity contribution in [1.82, 2.24) is 9.71 Å². The van der Waals surface area contributed by atoms with Crippen LogP contribution in [0, 0.1) is 6.92 Å². The average molecular weight is 296 g/mol. The van der Waals surface area contributed by atoms with E-state index >= 15 is 0 Å². The van der Waals surface area contributed by atoms with Crippen LogP contribution < -0.4 is 9.60 Å². The van der Waals surface area contributed by atoms with E-state index in [9.17, 15) is 23.4 Å². The molecule has 1 aromatic heterocycles. The first-order valence-electron chi connectivity index (χ1n) is 5.25. The molecule has 1 rings (SSSR count). The number of nitrogens with one attached hydrogen (secondary N) is 2. The van der Waals surface area contributed by atoms with Gasteiger partial charge in [-0.25, -0.2) is 8.42 Å². The van der Waals surface area contributed by atoms with E-state index in [-0.39, 0.29) is 16.3 Å². The predicted octanol–water partition coefficient (Wildman–Crippen LogP) is -0.843. The third-order valence-electron chi connectivity index (χ3n) is 2.66. The highest BCUT2D eigenvalue weighted by molar-refractivity contribution is 7.91. The molecule has 0 spiro atoms. The Morgan fingerprint density at radius 2 is 1.94 bits per heavy atom. The molecular weight excluding hydrogens is 280 g/mol. The highest BCUT2D eigenvalue weighted by atomic mass is 32.2. The van der Waals surface area contributed by atoms with Crippen LogP contribution in [-0.4, -0.2) is 42.4 Å². The number of aromatic amines is 1. The zero-order valence-corrected chi connectivity index (χ0v) is 11.7. The van der Waals surface area contributed by atoms with Crippen LogP contribution in [-0.2, 0) is 10.0 Å². The van der Waals surface area contributed by atoms with Gasteiger partial charge in [-0.3, -0.25) is 4.79 Å². The van der Waals surface area contributed by atoms with Crippen molar-refractivity contribution in [1.29, 1.82) is 0 Å². The van der Waals surface area contributed by atoms with Crippen molar-refractivity contribution in [3.63, 3.8) is 0 Å². The first-order valence-corrected chi connectivity index (χ1v) is 7.55. The van der Waals surface area contributed by atoms with Crippen LogP contribution in [0.1, 0.15) is 19.0 Å². The smallest absolute Gasteiger partial charge is 0.305 e. The summed E-state index contributed by atoms with van der Waals surface area (Å²) in [6.07, 6.45) is 0.220. The van der Waals surface area contributed by atoms with Crippen molar-refractivity contribution < 1.29 is 18.6 Å². The number of aromatic nitrogens is 1. The van der Waals surface area contributed by atoms with Crippen molar-refractivity contribution >= 4 is 21.4 Å². The van der Waals surface area contributed by atoms with Crippen LogP contribution in [0.5, 0.6) is 0 Å². The molecule has 1 aromatic rings. The van der Waals surface area contributed by atoms with Crippen molar-refractivity contribution in [3.05, 3.63) is 15.4 Å². The largest absolute Gasteiger partial charge is 0.394 e. The number of aliphatic hydroxyl groups excluding tert-OH is 2. The summed E-state index contributed by atoms with van der Waals surface area (Å²) in [7, 11) is -3.95. The number of rotatable bonds is 6. The standard InChI is InChI=1S/C9H16N2O5S2/c1-3-9(4-12,5-13)11-18(15,16)7-6(2)10-8(14)17-7/h11-13H,3-5H2,1-2H3,(H,10,14). The van der Waals surface area contributed by atoms with Crippen molar-refractivity contribution in [2.45, 2.75) is 30.0 Å². The van der Waals surface area contributed by atoms with Gasteiger partial charge in [0.15, 0.2) is 4.21 Å². The highest BCUT2D eigenvalue weighted by Crippen LogP contribution is 2.19. The zero-order valence-electron chi connectivity index (χ0n) is 10.1. The Bertz CT molecular complexity index is 547. The molecule has 0 fully saturated rings. The minimum Gasteiger partial charge on any atom is -0.394 e. The number of hydrogen-bond donors (Lipinski definition) is 4. The Morgan fingerprint density at radius 3 is 2.28 bits per heavy atom. The number of thiazole rings is 1. The minimum absolute atomic E-state index is 0.132. The molecule has 1 heterocycles. The van der Waals surface area contributed by atoms with Crippen LogP contribution in [0.25, 0.3) is 0 Å². The molecule has 104 valence electrons. The summed E-state index contributed by atoms with van der Waals surface area (Å²) in [5.41, 5.74) is -1.09. The fourth-order valence-corrected chi connectivity index (χ4v) is 4.15. The van der Waals surface area contributed by atoms with Gasteiger partial charge < -0.3 is 15.2 Å². The maximum absolute atomic E-state index is 12.1. The molecule has 0 aromatic carbocycles. The van der Waals surface area contributed by atoms with Crippen LogP contribution in [0.2, 0.25) is 0 Å². The third-order valence-corrected chi connectivity index (χ3v) is 5.84. The average Bonchev–Trinajstić information content (AvgIpc) is 2.66. The maximum atomic E-state index is 12.1. The van der Waals surface area contributed by atoms with Crippen LogP contribution in [0.15, 0.2) is 9.00 Å². The normalized spacial score (nSPS) is 12.9. The number of hydrogen-bond acceptors (Lipinski definition) is 6. The second kappa shape index (κ2) is 5.49. The lowest BCUT2D eigenvalue weighted by molar-refractivity contribution is 0.105. The number of sulfonamides is 1. The first kappa shape index (κ1) is 15.3. The molecule has 0 bridgehead atoms. The van der Waals surface area contributed by atoms with E-state index in [1.807, 2.05) is 0 Å². The second-order valence-corrected chi connectivity index (χ2v) is 6.84. The minimum atomic E-state index is -3.95. The van der Waals surface area contributed by atoms with Crippen LogP contribution >= 0.6 is 11.3 Å². The summed E-state index contributed by atoms with van der Waals surface area (Å²) in [6.45, 7) is 2.05. The Hall–Kier alpha value is -0.740. The van der Waals surface area contributed by atoms with Gasteiger partial charge in [0.1, 0.15) is 0 Å². The van der Waals surface area contributed by atoms with Gasteiger partial charge in [-0.05, 0) is 13.3 Å². The van der Waals surface area contributed by atoms with Gasteiger partial charge in [-0.2, -0.15) is 4.72 Å². The molecule has 4 N–H and O–H groups in total. The van der Waals surface area contributed by atoms with E-state index < -0.39 is 33.6 Å². The van der Waals surface area contributed by atoms with Crippen molar-refractivity contribution in [3.8, 4) is 0 Å². The monoisotopic (exact) mass is 296 g/mol. The van der Waals surface area contributed by atoms with E-state index in [2.05, 4.69) is 9.71 Å². The Balaban J connectivity index is 3.16. The number of aliphatic hydroxyl groups is 2. The molecule has 18 heavy (non-hydrogen) atoms. The molecule has 0 unspecified atom stereocenters. The molecule has 0 aliphatic rings. The lowest BCUT2D eigenvalue weighted by atomic mass is 10.0.